The van der Waals surface area contributed by atoms with Crippen LogP contribution >= 0.6 is 0 Å². The fourth-order valence-electron chi connectivity index (χ4n) is 3.55. The second-order valence-corrected chi connectivity index (χ2v) is 8.84. The Morgan fingerprint density at radius 3 is 2.50 bits per heavy atom. The van der Waals surface area contributed by atoms with E-state index < -0.39 is 10.1 Å². The van der Waals surface area contributed by atoms with Crippen LogP contribution in [0.25, 0.3) is 0 Å². The van der Waals surface area contributed by atoms with Crippen molar-refractivity contribution in [2.45, 2.75) is 45.1 Å². The summed E-state index contributed by atoms with van der Waals surface area (Å²) in [6, 6.07) is 5.05. The molecular weight excluding hydrogens is 382 g/mol. The Labute approximate surface area is 168 Å². The number of nitrogens with zero attached hydrogens (tertiary/aromatic N) is 1. The van der Waals surface area contributed by atoms with Crippen molar-refractivity contribution in [2.75, 3.05) is 33.6 Å². The lowest BCUT2D eigenvalue weighted by Gasteiger charge is -2.24. The van der Waals surface area contributed by atoms with E-state index in [4.69, 9.17) is 13.7 Å². The summed E-state index contributed by atoms with van der Waals surface area (Å²) in [7, 11) is -0.634. The van der Waals surface area contributed by atoms with E-state index >= 15 is 0 Å². The first-order valence-electron chi connectivity index (χ1n) is 9.65. The molecule has 0 heterocycles. The summed E-state index contributed by atoms with van der Waals surface area (Å²) in [4.78, 5) is 14.5. The Morgan fingerprint density at radius 1 is 1.18 bits per heavy atom. The lowest BCUT2D eigenvalue weighted by Crippen LogP contribution is -2.33. The standard InChI is InChI=1S/C20H31NO6S/c1-25-13-12-21(20(22)11-9-16-6-4-5-7-16)15-17-8-10-18(26-2)19(14-17)27-28(3,23)24/h8,10,14,16H,4-7,9,11-13,15H2,1-3H3. The van der Waals surface area contributed by atoms with Gasteiger partial charge in [0, 0.05) is 26.6 Å². The monoisotopic (exact) mass is 413 g/mol. The van der Waals surface area contributed by atoms with Gasteiger partial charge in [-0.2, -0.15) is 8.42 Å². The Balaban J connectivity index is 2.09. The normalized spacial score (nSPS) is 14.8. The highest BCUT2D eigenvalue weighted by molar-refractivity contribution is 7.86. The molecule has 2 rings (SSSR count). The SMILES string of the molecule is COCCN(Cc1ccc(OC)c(OS(C)(=O)=O)c1)C(=O)CCC1CCCC1. The van der Waals surface area contributed by atoms with Gasteiger partial charge in [0.1, 0.15) is 0 Å². The Hall–Kier alpha value is -1.80. The maximum Gasteiger partial charge on any atom is 0.306 e. The molecule has 1 fully saturated rings. The number of carbonyl (C=O) groups excluding carboxylic acids is 1. The van der Waals surface area contributed by atoms with E-state index in [9.17, 15) is 13.2 Å². The number of rotatable bonds is 11. The largest absolute Gasteiger partial charge is 0.493 e. The van der Waals surface area contributed by atoms with Gasteiger partial charge < -0.3 is 18.6 Å². The second kappa shape index (κ2) is 10.7. The van der Waals surface area contributed by atoms with Gasteiger partial charge in [-0.05, 0) is 30.0 Å². The summed E-state index contributed by atoms with van der Waals surface area (Å²) < 4.78 is 38.3. The lowest BCUT2D eigenvalue weighted by atomic mass is 10.0. The fraction of sp³-hybridized carbons (Fsp3) is 0.650. The minimum atomic E-state index is -3.68. The zero-order valence-corrected chi connectivity index (χ0v) is 17.8. The topological polar surface area (TPSA) is 82.1 Å². The summed E-state index contributed by atoms with van der Waals surface area (Å²) in [5, 5.41) is 0. The van der Waals surface area contributed by atoms with Crippen molar-refractivity contribution in [1.82, 2.24) is 4.90 Å². The fourth-order valence-corrected chi connectivity index (χ4v) is 4.00. The molecule has 7 nitrogen and oxygen atoms in total. The van der Waals surface area contributed by atoms with Crippen molar-refractivity contribution in [3.05, 3.63) is 23.8 Å². The van der Waals surface area contributed by atoms with E-state index in [1.54, 1.807) is 30.2 Å². The maximum atomic E-state index is 12.8. The molecule has 1 aliphatic rings. The first-order chi connectivity index (χ1) is 13.3. The summed E-state index contributed by atoms with van der Waals surface area (Å²) >= 11 is 0. The molecule has 1 amide bonds. The van der Waals surface area contributed by atoms with Crippen LogP contribution in [0.1, 0.15) is 44.1 Å². The average Bonchev–Trinajstić information content (AvgIpc) is 3.15. The summed E-state index contributed by atoms with van der Waals surface area (Å²) in [6.07, 6.45) is 7.40. The molecule has 0 aromatic heterocycles. The van der Waals surface area contributed by atoms with Gasteiger partial charge in [0.15, 0.2) is 11.5 Å². The van der Waals surface area contributed by atoms with Gasteiger partial charge in [0.2, 0.25) is 5.91 Å². The molecule has 1 saturated carbocycles. The van der Waals surface area contributed by atoms with Gasteiger partial charge >= 0.3 is 10.1 Å². The lowest BCUT2D eigenvalue weighted by molar-refractivity contribution is -0.132. The minimum Gasteiger partial charge on any atom is -0.493 e. The summed E-state index contributed by atoms with van der Waals surface area (Å²) in [5.41, 5.74) is 0.768. The van der Waals surface area contributed by atoms with Crippen LogP contribution in [0.15, 0.2) is 18.2 Å². The highest BCUT2D eigenvalue weighted by atomic mass is 32.2. The van der Waals surface area contributed by atoms with Crippen LogP contribution in [-0.4, -0.2) is 52.9 Å². The summed E-state index contributed by atoms with van der Waals surface area (Å²) in [5.74, 6) is 1.19. The molecular formula is C20H31NO6S. The summed E-state index contributed by atoms with van der Waals surface area (Å²) in [6.45, 7) is 1.28. The molecule has 28 heavy (non-hydrogen) atoms. The highest BCUT2D eigenvalue weighted by Crippen LogP contribution is 2.31. The van der Waals surface area contributed by atoms with Gasteiger partial charge in [0.05, 0.1) is 20.0 Å². The van der Waals surface area contributed by atoms with Gasteiger partial charge in [-0.1, -0.05) is 31.7 Å². The molecule has 0 saturated heterocycles. The molecule has 0 radical (unpaired) electrons. The minimum absolute atomic E-state index is 0.0883. The number of methoxy groups -OCH3 is 2. The van der Waals surface area contributed by atoms with E-state index in [0.717, 1.165) is 18.2 Å². The van der Waals surface area contributed by atoms with E-state index in [2.05, 4.69) is 0 Å². The Bertz CT molecular complexity index is 743. The number of amides is 1. The molecule has 0 N–H and O–H groups in total. The number of ether oxygens (including phenoxy) is 2. The van der Waals surface area contributed by atoms with Crippen molar-refractivity contribution >= 4 is 16.0 Å². The van der Waals surface area contributed by atoms with E-state index in [-0.39, 0.29) is 11.7 Å². The van der Waals surface area contributed by atoms with E-state index in [0.29, 0.717) is 37.8 Å². The third kappa shape index (κ3) is 7.31. The Kier molecular flexibility index (Phi) is 8.57. The van der Waals surface area contributed by atoms with Crippen molar-refractivity contribution in [2.24, 2.45) is 5.92 Å². The van der Waals surface area contributed by atoms with Crippen LogP contribution in [0.4, 0.5) is 0 Å². The smallest absolute Gasteiger partial charge is 0.306 e. The van der Waals surface area contributed by atoms with E-state index in [1.807, 2.05) is 0 Å². The van der Waals surface area contributed by atoms with Crippen LogP contribution in [-0.2, 0) is 26.2 Å². The first kappa shape index (κ1) is 22.5. The van der Waals surface area contributed by atoms with Gasteiger partial charge in [-0.25, -0.2) is 0 Å². The van der Waals surface area contributed by atoms with Crippen LogP contribution in [0, 0.1) is 5.92 Å². The number of hydrogen-bond donors (Lipinski definition) is 0. The molecule has 0 atom stereocenters. The molecule has 1 aromatic carbocycles. The predicted molar refractivity (Wildman–Crippen MR) is 107 cm³/mol. The average molecular weight is 414 g/mol. The molecule has 1 aromatic rings. The van der Waals surface area contributed by atoms with Gasteiger partial charge in [0.25, 0.3) is 0 Å². The van der Waals surface area contributed by atoms with Gasteiger partial charge in [-0.15, -0.1) is 0 Å². The molecule has 0 unspecified atom stereocenters. The third-order valence-electron chi connectivity index (χ3n) is 5.00. The molecule has 0 aliphatic heterocycles. The highest BCUT2D eigenvalue weighted by Gasteiger charge is 2.20. The zero-order valence-electron chi connectivity index (χ0n) is 17.0. The van der Waals surface area contributed by atoms with Crippen LogP contribution in [0.5, 0.6) is 11.5 Å². The number of carbonyl (C=O) groups is 1. The van der Waals surface area contributed by atoms with Crippen LogP contribution in [0.2, 0.25) is 0 Å². The quantitative estimate of drug-likeness (QED) is 0.519. The van der Waals surface area contributed by atoms with E-state index in [1.165, 1.54) is 32.8 Å². The predicted octanol–water partition coefficient (Wildman–Crippen LogP) is 2.98. The van der Waals surface area contributed by atoms with Crippen LogP contribution in [0.3, 0.4) is 0 Å². The van der Waals surface area contributed by atoms with Crippen molar-refractivity contribution in [3.8, 4) is 11.5 Å². The second-order valence-electron chi connectivity index (χ2n) is 7.27. The van der Waals surface area contributed by atoms with Crippen molar-refractivity contribution in [3.63, 3.8) is 0 Å². The zero-order chi connectivity index (χ0) is 20.6. The molecule has 1 aliphatic carbocycles. The molecule has 8 heteroatoms. The van der Waals surface area contributed by atoms with Crippen molar-refractivity contribution < 1.29 is 26.9 Å². The van der Waals surface area contributed by atoms with Crippen LogP contribution < -0.4 is 8.92 Å². The third-order valence-corrected chi connectivity index (χ3v) is 5.48. The van der Waals surface area contributed by atoms with Crippen molar-refractivity contribution in [1.29, 1.82) is 0 Å². The molecule has 0 bridgehead atoms. The molecule has 0 spiro atoms. The first-order valence-corrected chi connectivity index (χ1v) is 11.5. The molecule has 158 valence electrons. The number of benzene rings is 1. The van der Waals surface area contributed by atoms with Gasteiger partial charge in [-0.3, -0.25) is 4.79 Å². The Morgan fingerprint density at radius 2 is 1.89 bits per heavy atom. The maximum absolute atomic E-state index is 12.8. The number of hydrogen-bond acceptors (Lipinski definition) is 6.